The number of amides is 5. The SMILES string of the molecule is CNC(=O)CSCC(=O)NCCN1CC(=O)NC1=O. The summed E-state index contributed by atoms with van der Waals surface area (Å²) in [6.45, 7) is 0.587. The lowest BCUT2D eigenvalue weighted by Crippen LogP contribution is -2.37. The molecule has 5 amide bonds. The van der Waals surface area contributed by atoms with Gasteiger partial charge in [0.2, 0.25) is 17.7 Å². The van der Waals surface area contributed by atoms with Crippen LogP contribution in [0.15, 0.2) is 0 Å². The molecule has 0 radical (unpaired) electrons. The smallest absolute Gasteiger partial charge is 0.324 e. The maximum Gasteiger partial charge on any atom is 0.324 e. The minimum atomic E-state index is -0.437. The van der Waals surface area contributed by atoms with Crippen LogP contribution in [-0.4, -0.2) is 66.8 Å². The maximum absolute atomic E-state index is 11.4. The van der Waals surface area contributed by atoms with E-state index in [1.165, 1.54) is 23.7 Å². The zero-order valence-electron chi connectivity index (χ0n) is 10.5. The van der Waals surface area contributed by atoms with Gasteiger partial charge in [-0.2, -0.15) is 0 Å². The van der Waals surface area contributed by atoms with Crippen LogP contribution >= 0.6 is 11.8 Å². The van der Waals surface area contributed by atoms with Crippen LogP contribution in [0.3, 0.4) is 0 Å². The zero-order chi connectivity index (χ0) is 14.3. The molecule has 1 heterocycles. The van der Waals surface area contributed by atoms with Crippen molar-refractivity contribution in [2.75, 3.05) is 38.2 Å². The van der Waals surface area contributed by atoms with E-state index in [0.717, 1.165) is 0 Å². The molecule has 0 bridgehead atoms. The number of hydrogen-bond donors (Lipinski definition) is 3. The molecular weight excluding hydrogens is 272 g/mol. The molecule has 8 nitrogen and oxygen atoms in total. The molecule has 1 aliphatic heterocycles. The van der Waals surface area contributed by atoms with Crippen LogP contribution in [0.5, 0.6) is 0 Å². The molecule has 0 spiro atoms. The number of imide groups is 1. The summed E-state index contributed by atoms with van der Waals surface area (Å²) in [7, 11) is 1.53. The fraction of sp³-hybridized carbons (Fsp3) is 0.600. The predicted octanol–water partition coefficient (Wildman–Crippen LogP) is -1.87. The number of rotatable bonds is 7. The third-order valence-corrected chi connectivity index (χ3v) is 3.25. The second kappa shape index (κ2) is 7.62. The van der Waals surface area contributed by atoms with E-state index < -0.39 is 6.03 Å². The summed E-state index contributed by atoms with van der Waals surface area (Å²) in [5.41, 5.74) is 0. The van der Waals surface area contributed by atoms with E-state index in [9.17, 15) is 19.2 Å². The summed E-state index contributed by atoms with van der Waals surface area (Å²) in [6, 6.07) is -0.437. The first kappa shape index (κ1) is 15.3. The maximum atomic E-state index is 11.4. The van der Waals surface area contributed by atoms with Crippen LogP contribution in [0, 0.1) is 0 Å². The fourth-order valence-corrected chi connectivity index (χ4v) is 2.07. The third kappa shape index (κ3) is 5.60. The third-order valence-electron chi connectivity index (χ3n) is 2.32. The first-order chi connectivity index (χ1) is 9.02. The Morgan fingerprint density at radius 2 is 2.00 bits per heavy atom. The molecule has 19 heavy (non-hydrogen) atoms. The van der Waals surface area contributed by atoms with E-state index in [0.29, 0.717) is 0 Å². The number of carbonyl (C=O) groups is 4. The highest BCUT2D eigenvalue weighted by atomic mass is 32.2. The lowest BCUT2D eigenvalue weighted by molar-refractivity contribution is -0.119. The van der Waals surface area contributed by atoms with Gasteiger partial charge in [-0.15, -0.1) is 11.8 Å². The number of thioether (sulfide) groups is 1. The van der Waals surface area contributed by atoms with Gasteiger partial charge in [0.05, 0.1) is 11.5 Å². The van der Waals surface area contributed by atoms with Crippen molar-refractivity contribution in [2.24, 2.45) is 0 Å². The molecule has 106 valence electrons. The van der Waals surface area contributed by atoms with Crippen LogP contribution in [-0.2, 0) is 14.4 Å². The summed E-state index contributed by atoms with van der Waals surface area (Å²) >= 11 is 1.21. The first-order valence-corrected chi connectivity index (χ1v) is 6.82. The molecule has 0 unspecified atom stereocenters. The van der Waals surface area contributed by atoms with Crippen LogP contribution < -0.4 is 16.0 Å². The quantitative estimate of drug-likeness (QED) is 0.476. The van der Waals surface area contributed by atoms with Gasteiger partial charge in [-0.05, 0) is 0 Å². The van der Waals surface area contributed by atoms with Gasteiger partial charge in [0, 0.05) is 20.1 Å². The van der Waals surface area contributed by atoms with E-state index in [4.69, 9.17) is 0 Å². The molecule has 0 aliphatic carbocycles. The number of hydrogen-bond acceptors (Lipinski definition) is 5. The Morgan fingerprint density at radius 1 is 1.32 bits per heavy atom. The highest BCUT2D eigenvalue weighted by molar-refractivity contribution is 8.00. The van der Waals surface area contributed by atoms with Gasteiger partial charge in [-0.25, -0.2) is 4.79 Å². The Labute approximate surface area is 114 Å². The summed E-state index contributed by atoms with van der Waals surface area (Å²) in [6.07, 6.45) is 0. The van der Waals surface area contributed by atoms with E-state index >= 15 is 0 Å². The number of nitrogens with zero attached hydrogens (tertiary/aromatic N) is 1. The molecule has 1 aliphatic rings. The zero-order valence-corrected chi connectivity index (χ0v) is 11.3. The lowest BCUT2D eigenvalue weighted by Gasteiger charge is -2.13. The van der Waals surface area contributed by atoms with Gasteiger partial charge in [-0.1, -0.05) is 0 Å². The molecule has 0 aromatic carbocycles. The van der Waals surface area contributed by atoms with Gasteiger partial charge >= 0.3 is 6.03 Å². The van der Waals surface area contributed by atoms with Crippen molar-refractivity contribution in [3.05, 3.63) is 0 Å². The van der Waals surface area contributed by atoms with Crippen molar-refractivity contribution in [1.29, 1.82) is 0 Å². The Morgan fingerprint density at radius 3 is 2.58 bits per heavy atom. The van der Waals surface area contributed by atoms with Gasteiger partial charge in [-0.3, -0.25) is 19.7 Å². The Balaban J connectivity index is 2.09. The molecule has 0 aromatic heterocycles. The van der Waals surface area contributed by atoms with Gasteiger partial charge in [0.15, 0.2) is 0 Å². The van der Waals surface area contributed by atoms with Crippen LogP contribution in [0.25, 0.3) is 0 Å². The molecule has 0 saturated carbocycles. The van der Waals surface area contributed by atoms with Crippen molar-refractivity contribution in [3.63, 3.8) is 0 Å². The van der Waals surface area contributed by atoms with Crippen molar-refractivity contribution in [2.45, 2.75) is 0 Å². The van der Waals surface area contributed by atoms with Crippen LogP contribution in [0.4, 0.5) is 4.79 Å². The second-order valence-corrected chi connectivity index (χ2v) is 4.78. The topological polar surface area (TPSA) is 108 Å². The standard InChI is InChI=1S/C10H16N4O4S/c1-11-8(16)5-19-6-9(17)12-2-3-14-4-7(15)13-10(14)18/h2-6H2,1H3,(H,11,16)(H,12,17)(H,13,15,18). The van der Waals surface area contributed by atoms with Gasteiger partial charge in [0.1, 0.15) is 6.54 Å². The van der Waals surface area contributed by atoms with E-state index in [1.807, 2.05) is 0 Å². The molecule has 1 saturated heterocycles. The van der Waals surface area contributed by atoms with Crippen molar-refractivity contribution < 1.29 is 19.2 Å². The Bertz CT molecular complexity index is 388. The molecule has 1 rings (SSSR count). The van der Waals surface area contributed by atoms with Crippen LogP contribution in [0.2, 0.25) is 0 Å². The van der Waals surface area contributed by atoms with Crippen LogP contribution in [0.1, 0.15) is 0 Å². The first-order valence-electron chi connectivity index (χ1n) is 5.66. The molecule has 3 N–H and O–H groups in total. The average Bonchev–Trinajstić information content (AvgIpc) is 2.67. The van der Waals surface area contributed by atoms with Gasteiger partial charge < -0.3 is 15.5 Å². The number of nitrogens with one attached hydrogen (secondary N) is 3. The largest absolute Gasteiger partial charge is 0.358 e. The molecular formula is C10H16N4O4S. The lowest BCUT2D eigenvalue weighted by atomic mass is 10.5. The van der Waals surface area contributed by atoms with Crippen molar-refractivity contribution >= 4 is 35.5 Å². The highest BCUT2D eigenvalue weighted by Gasteiger charge is 2.25. The predicted molar refractivity (Wildman–Crippen MR) is 69.5 cm³/mol. The molecule has 9 heteroatoms. The van der Waals surface area contributed by atoms with Crippen molar-refractivity contribution in [3.8, 4) is 0 Å². The summed E-state index contributed by atoms with van der Waals surface area (Å²) in [5, 5.41) is 7.21. The van der Waals surface area contributed by atoms with Gasteiger partial charge in [0.25, 0.3) is 0 Å². The monoisotopic (exact) mass is 288 g/mol. The second-order valence-electron chi connectivity index (χ2n) is 3.79. The highest BCUT2D eigenvalue weighted by Crippen LogP contribution is 1.99. The Kier molecular flexibility index (Phi) is 6.13. The minimum absolute atomic E-state index is 0.0279. The van der Waals surface area contributed by atoms with E-state index in [-0.39, 0.29) is 48.9 Å². The molecule has 1 fully saturated rings. The summed E-state index contributed by atoms with van der Waals surface area (Å²) in [4.78, 5) is 45.7. The summed E-state index contributed by atoms with van der Waals surface area (Å²) in [5.74, 6) is -0.270. The number of urea groups is 1. The molecule has 0 atom stereocenters. The van der Waals surface area contributed by atoms with Crippen molar-refractivity contribution in [1.82, 2.24) is 20.9 Å². The average molecular weight is 288 g/mol. The molecule has 0 aromatic rings. The Hall–Kier alpha value is -1.77. The fourth-order valence-electron chi connectivity index (χ4n) is 1.35. The minimum Gasteiger partial charge on any atom is -0.358 e. The normalized spacial score (nSPS) is 14.3. The van der Waals surface area contributed by atoms with E-state index in [1.54, 1.807) is 0 Å². The van der Waals surface area contributed by atoms with E-state index in [2.05, 4.69) is 16.0 Å². The number of carbonyl (C=O) groups excluding carboxylic acids is 4. The summed E-state index contributed by atoms with van der Waals surface area (Å²) < 4.78 is 0.